The highest BCUT2D eigenvalue weighted by Crippen LogP contribution is 2.17. The summed E-state index contributed by atoms with van der Waals surface area (Å²) in [5, 5.41) is 2.33. The number of halogens is 1. The number of carbonyl (C=O) groups is 1. The van der Waals surface area contributed by atoms with Gasteiger partial charge in [-0.25, -0.2) is 22.9 Å². The molecule has 1 rings (SSSR count). The van der Waals surface area contributed by atoms with Crippen molar-refractivity contribution in [3.63, 3.8) is 0 Å². The molecule has 8 nitrogen and oxygen atoms in total. The van der Waals surface area contributed by atoms with Crippen LogP contribution < -0.4 is 10.0 Å². The van der Waals surface area contributed by atoms with Crippen molar-refractivity contribution in [2.24, 2.45) is 7.05 Å². The van der Waals surface area contributed by atoms with Crippen molar-refractivity contribution >= 4 is 27.7 Å². The number of carbonyl (C=O) groups excluding carboxylic acids is 1. The molecular weight excluding hydrogens is 294 g/mol. The van der Waals surface area contributed by atoms with Gasteiger partial charge in [0.05, 0.1) is 6.33 Å². The Morgan fingerprint density at radius 2 is 2.11 bits per heavy atom. The maximum absolute atomic E-state index is 11.9. The molecular formula is C9H16ClN5O3S. The monoisotopic (exact) mass is 309 g/mol. The molecule has 0 radical (unpaired) electrons. The van der Waals surface area contributed by atoms with Crippen molar-refractivity contribution in [1.82, 2.24) is 24.5 Å². The number of aryl methyl sites for hydroxylation is 1. The van der Waals surface area contributed by atoms with Crippen molar-refractivity contribution in [3.05, 3.63) is 11.5 Å². The van der Waals surface area contributed by atoms with Crippen molar-refractivity contribution in [2.75, 3.05) is 27.2 Å². The lowest BCUT2D eigenvalue weighted by Crippen LogP contribution is -2.39. The topological polar surface area (TPSA) is 96.3 Å². The maximum Gasteiger partial charge on any atom is 0.316 e. The molecule has 0 unspecified atom stereocenters. The third-order valence-electron chi connectivity index (χ3n) is 2.19. The van der Waals surface area contributed by atoms with Gasteiger partial charge in [0, 0.05) is 34.2 Å². The van der Waals surface area contributed by atoms with E-state index in [2.05, 4.69) is 15.0 Å². The van der Waals surface area contributed by atoms with Crippen molar-refractivity contribution in [2.45, 2.75) is 5.03 Å². The number of rotatable bonds is 5. The molecule has 10 heteroatoms. The first-order valence-electron chi connectivity index (χ1n) is 5.37. The van der Waals surface area contributed by atoms with E-state index in [1.807, 2.05) is 0 Å². The summed E-state index contributed by atoms with van der Waals surface area (Å²) in [6.45, 7) is 0.218. The van der Waals surface area contributed by atoms with Crippen LogP contribution in [-0.4, -0.2) is 56.1 Å². The molecule has 1 aromatic rings. The molecule has 0 atom stereocenters. The smallest absolute Gasteiger partial charge is 0.316 e. The zero-order valence-electron chi connectivity index (χ0n) is 10.8. The zero-order valence-corrected chi connectivity index (χ0v) is 12.4. The average Bonchev–Trinajstić information content (AvgIpc) is 2.65. The Bertz CT molecular complexity index is 554. The third kappa shape index (κ3) is 4.08. The van der Waals surface area contributed by atoms with Crippen LogP contribution in [-0.2, 0) is 17.1 Å². The number of nitrogens with one attached hydrogen (secondary N) is 2. The van der Waals surface area contributed by atoms with Gasteiger partial charge in [0.1, 0.15) is 5.15 Å². The standard InChI is InChI=1S/C9H16ClN5O3S/c1-14(2)9(16)11-4-5-13-19(17,18)8-7(10)15(3)6-12-8/h6,13H,4-5H2,1-3H3,(H,11,16). The van der Waals surface area contributed by atoms with Crippen molar-refractivity contribution in [3.8, 4) is 0 Å². The highest BCUT2D eigenvalue weighted by Gasteiger charge is 2.21. The molecule has 0 bridgehead atoms. The molecule has 1 aromatic heterocycles. The van der Waals surface area contributed by atoms with Gasteiger partial charge in [-0.1, -0.05) is 11.6 Å². The predicted octanol–water partition coefficient (Wildman–Crippen LogP) is -0.377. The fourth-order valence-corrected chi connectivity index (χ4v) is 2.61. The fraction of sp³-hybridized carbons (Fsp3) is 0.556. The number of aromatic nitrogens is 2. The first-order chi connectivity index (χ1) is 8.75. The SMILES string of the molecule is CN(C)C(=O)NCCNS(=O)(=O)c1ncn(C)c1Cl. The van der Waals surface area contributed by atoms with E-state index in [0.717, 1.165) is 0 Å². The molecule has 0 aliphatic carbocycles. The second kappa shape index (κ2) is 6.22. The molecule has 0 aliphatic rings. The van der Waals surface area contributed by atoms with Gasteiger partial charge in [-0.2, -0.15) is 0 Å². The Labute approximate surface area is 116 Å². The minimum Gasteiger partial charge on any atom is -0.337 e. The minimum absolute atomic E-state index is 0.0322. The molecule has 0 spiro atoms. The fourth-order valence-electron chi connectivity index (χ4n) is 1.16. The predicted molar refractivity (Wildman–Crippen MR) is 70.5 cm³/mol. The van der Waals surface area contributed by atoms with Gasteiger partial charge in [-0.15, -0.1) is 0 Å². The second-order valence-electron chi connectivity index (χ2n) is 3.98. The van der Waals surface area contributed by atoms with Crippen molar-refractivity contribution in [1.29, 1.82) is 0 Å². The molecule has 108 valence electrons. The second-order valence-corrected chi connectivity index (χ2v) is 6.02. The lowest BCUT2D eigenvalue weighted by molar-refractivity contribution is 0.217. The lowest BCUT2D eigenvalue weighted by atomic mass is 10.6. The molecule has 0 saturated heterocycles. The first kappa shape index (κ1) is 15.7. The van der Waals surface area contributed by atoms with Gasteiger partial charge in [0.15, 0.2) is 0 Å². The largest absolute Gasteiger partial charge is 0.337 e. The van der Waals surface area contributed by atoms with Gasteiger partial charge in [-0.3, -0.25) is 0 Å². The van der Waals surface area contributed by atoms with E-state index < -0.39 is 10.0 Å². The number of urea groups is 1. The van der Waals surface area contributed by atoms with Gasteiger partial charge >= 0.3 is 6.03 Å². The van der Waals surface area contributed by atoms with Crippen LogP contribution in [0.25, 0.3) is 0 Å². The molecule has 0 aromatic carbocycles. The Kier molecular flexibility index (Phi) is 5.15. The Morgan fingerprint density at radius 3 is 2.58 bits per heavy atom. The number of nitrogens with zero attached hydrogens (tertiary/aromatic N) is 3. The molecule has 0 fully saturated rings. The first-order valence-corrected chi connectivity index (χ1v) is 7.23. The Morgan fingerprint density at radius 1 is 1.47 bits per heavy atom. The highest BCUT2D eigenvalue weighted by atomic mass is 35.5. The van der Waals surface area contributed by atoms with E-state index >= 15 is 0 Å². The number of hydrogen-bond donors (Lipinski definition) is 2. The third-order valence-corrected chi connectivity index (χ3v) is 4.14. The number of hydrogen-bond acceptors (Lipinski definition) is 4. The van der Waals surface area contributed by atoms with E-state index in [4.69, 9.17) is 11.6 Å². The van der Waals surface area contributed by atoms with Crippen LogP contribution in [0.15, 0.2) is 11.4 Å². The van der Waals surface area contributed by atoms with Crippen LogP contribution >= 0.6 is 11.6 Å². The van der Waals surface area contributed by atoms with E-state index in [0.29, 0.717) is 0 Å². The van der Waals surface area contributed by atoms with Crippen molar-refractivity contribution < 1.29 is 13.2 Å². The maximum atomic E-state index is 11.9. The van der Waals surface area contributed by atoms with Crippen LogP contribution in [0.5, 0.6) is 0 Å². The molecule has 1 heterocycles. The lowest BCUT2D eigenvalue weighted by Gasteiger charge is -2.12. The molecule has 19 heavy (non-hydrogen) atoms. The van der Waals surface area contributed by atoms with E-state index in [9.17, 15) is 13.2 Å². The van der Waals surface area contributed by atoms with E-state index in [1.165, 1.54) is 15.8 Å². The molecule has 0 aliphatic heterocycles. The summed E-state index contributed by atoms with van der Waals surface area (Å²) in [5.74, 6) is 0. The van der Waals surface area contributed by atoms with Gasteiger partial charge in [0.2, 0.25) is 5.03 Å². The normalized spacial score (nSPS) is 11.4. The number of imidazole rings is 1. The van der Waals surface area contributed by atoms with Gasteiger partial charge in [0.25, 0.3) is 10.0 Å². The molecule has 0 saturated carbocycles. The molecule has 2 N–H and O–H groups in total. The zero-order chi connectivity index (χ0) is 14.6. The molecule has 2 amide bonds. The van der Waals surface area contributed by atoms with E-state index in [-0.39, 0.29) is 29.3 Å². The summed E-state index contributed by atoms with van der Waals surface area (Å²) in [6, 6.07) is -0.296. The number of amides is 2. The minimum atomic E-state index is -3.77. The van der Waals surface area contributed by atoms with Crippen LogP contribution in [0.1, 0.15) is 0 Å². The summed E-state index contributed by atoms with van der Waals surface area (Å²) in [4.78, 5) is 16.3. The summed E-state index contributed by atoms with van der Waals surface area (Å²) < 4.78 is 27.4. The Hall–Kier alpha value is -1.32. The Balaban J connectivity index is 2.53. The quantitative estimate of drug-likeness (QED) is 0.725. The van der Waals surface area contributed by atoms with Crippen LogP contribution in [0.2, 0.25) is 5.15 Å². The summed E-state index contributed by atoms with van der Waals surface area (Å²) in [6.07, 6.45) is 1.31. The highest BCUT2D eigenvalue weighted by molar-refractivity contribution is 7.89. The summed E-state index contributed by atoms with van der Waals surface area (Å²) in [5.41, 5.74) is 0. The van der Waals surface area contributed by atoms with Crippen LogP contribution in [0.4, 0.5) is 4.79 Å². The van der Waals surface area contributed by atoms with Gasteiger partial charge in [-0.05, 0) is 0 Å². The summed E-state index contributed by atoms with van der Waals surface area (Å²) >= 11 is 5.80. The van der Waals surface area contributed by atoms with Crippen LogP contribution in [0, 0.1) is 0 Å². The van der Waals surface area contributed by atoms with E-state index in [1.54, 1.807) is 21.1 Å². The number of sulfonamides is 1. The average molecular weight is 310 g/mol. The van der Waals surface area contributed by atoms with Crippen LogP contribution in [0.3, 0.4) is 0 Å². The van der Waals surface area contributed by atoms with Gasteiger partial charge < -0.3 is 14.8 Å². The summed E-state index contributed by atoms with van der Waals surface area (Å²) in [7, 11) is 1.00.